The molecule has 0 atom stereocenters. The van der Waals surface area contributed by atoms with Crippen molar-refractivity contribution in [3.8, 4) is 17.2 Å². The van der Waals surface area contributed by atoms with E-state index in [0.29, 0.717) is 17.2 Å². The summed E-state index contributed by atoms with van der Waals surface area (Å²) in [6, 6.07) is 12.4. The van der Waals surface area contributed by atoms with Gasteiger partial charge in [0.25, 0.3) is 11.8 Å². The Hall–Kier alpha value is -2.74. The van der Waals surface area contributed by atoms with E-state index in [1.807, 2.05) is 26.0 Å². The van der Waals surface area contributed by atoms with E-state index >= 15 is 0 Å². The lowest BCUT2D eigenvalue weighted by Gasteiger charge is -2.14. The van der Waals surface area contributed by atoms with Gasteiger partial charge in [0.1, 0.15) is 17.2 Å². The number of hydrogen-bond donors (Lipinski definition) is 2. The largest absolute Gasteiger partial charge is 0.497 e. The van der Waals surface area contributed by atoms with Gasteiger partial charge in [0.05, 0.1) is 7.11 Å². The Bertz CT molecular complexity index is 809. The quantitative estimate of drug-likeness (QED) is 0.603. The molecule has 2 aromatic carbocycles. The average Bonchev–Trinajstić information content (AvgIpc) is 2.70. The highest BCUT2D eigenvalue weighted by Gasteiger charge is 2.11. The second-order valence-corrected chi connectivity index (χ2v) is 7.10. The van der Waals surface area contributed by atoms with Crippen LogP contribution in [0.2, 0.25) is 0 Å². The predicted molar refractivity (Wildman–Crippen MR) is 109 cm³/mol. The molecule has 2 rings (SSSR count). The molecule has 2 amide bonds. The summed E-state index contributed by atoms with van der Waals surface area (Å²) >= 11 is 3.42. The van der Waals surface area contributed by atoms with Gasteiger partial charge in [-0.2, -0.15) is 0 Å². The van der Waals surface area contributed by atoms with Crippen LogP contribution in [0.5, 0.6) is 17.2 Å². The van der Waals surface area contributed by atoms with E-state index in [2.05, 4.69) is 26.8 Å². The van der Waals surface area contributed by atoms with Crippen LogP contribution in [-0.2, 0) is 9.59 Å². The third-order valence-electron chi connectivity index (χ3n) is 3.72. The summed E-state index contributed by atoms with van der Waals surface area (Å²) in [6.45, 7) is 3.62. The monoisotopic (exact) mass is 450 g/mol. The number of amides is 2. The zero-order valence-corrected chi connectivity index (χ0v) is 17.5. The zero-order chi connectivity index (χ0) is 20.5. The lowest BCUT2D eigenvalue weighted by Crippen LogP contribution is -2.45. The van der Waals surface area contributed by atoms with Crippen molar-refractivity contribution in [1.29, 1.82) is 0 Å². The molecule has 0 heterocycles. The molecule has 2 N–H and O–H groups in total. The van der Waals surface area contributed by atoms with Gasteiger partial charge in [-0.15, -0.1) is 0 Å². The minimum absolute atomic E-state index is 0.221. The van der Waals surface area contributed by atoms with Crippen LogP contribution in [0.4, 0.5) is 0 Å². The third-order valence-corrected chi connectivity index (χ3v) is 4.22. The van der Waals surface area contributed by atoms with Crippen molar-refractivity contribution in [2.75, 3.05) is 20.3 Å². The number of hydrazine groups is 1. The van der Waals surface area contributed by atoms with Crippen molar-refractivity contribution >= 4 is 27.7 Å². The number of halogens is 1. The molecule has 0 saturated carbocycles. The van der Waals surface area contributed by atoms with E-state index in [1.165, 1.54) is 0 Å². The fourth-order valence-electron chi connectivity index (χ4n) is 2.28. The van der Waals surface area contributed by atoms with Gasteiger partial charge in [0.2, 0.25) is 0 Å². The van der Waals surface area contributed by atoms with Crippen LogP contribution in [0.1, 0.15) is 25.3 Å². The van der Waals surface area contributed by atoms with Crippen LogP contribution in [-0.4, -0.2) is 32.1 Å². The van der Waals surface area contributed by atoms with E-state index in [1.54, 1.807) is 37.4 Å². The minimum atomic E-state index is -0.490. The van der Waals surface area contributed by atoms with Crippen LogP contribution in [0, 0.1) is 0 Å². The Labute approximate surface area is 172 Å². The summed E-state index contributed by atoms with van der Waals surface area (Å²) in [5.74, 6) is 1.11. The van der Waals surface area contributed by atoms with Gasteiger partial charge in [0.15, 0.2) is 13.2 Å². The van der Waals surface area contributed by atoms with Crippen molar-refractivity contribution in [3.63, 3.8) is 0 Å². The maximum Gasteiger partial charge on any atom is 0.276 e. The van der Waals surface area contributed by atoms with Crippen molar-refractivity contribution in [3.05, 3.63) is 52.5 Å². The summed E-state index contributed by atoms with van der Waals surface area (Å²) in [6.07, 6.45) is 0. The summed E-state index contributed by atoms with van der Waals surface area (Å²) < 4.78 is 16.9. The SMILES string of the molecule is COc1ccc(OCC(=O)NNC(=O)COc2ccc(Br)cc2C(C)C)cc1. The van der Waals surface area contributed by atoms with E-state index in [-0.39, 0.29) is 19.1 Å². The lowest BCUT2D eigenvalue weighted by molar-refractivity contribution is -0.131. The van der Waals surface area contributed by atoms with Crippen LogP contribution in [0.15, 0.2) is 46.9 Å². The second-order valence-electron chi connectivity index (χ2n) is 6.19. The van der Waals surface area contributed by atoms with Gasteiger partial charge in [0, 0.05) is 4.47 Å². The normalized spacial score (nSPS) is 10.3. The van der Waals surface area contributed by atoms with Crippen molar-refractivity contribution in [2.24, 2.45) is 0 Å². The summed E-state index contributed by atoms with van der Waals surface area (Å²) in [5, 5.41) is 0. The highest BCUT2D eigenvalue weighted by atomic mass is 79.9. The summed E-state index contributed by atoms with van der Waals surface area (Å²) in [7, 11) is 1.57. The number of hydrogen-bond acceptors (Lipinski definition) is 5. The summed E-state index contributed by atoms with van der Waals surface area (Å²) in [4.78, 5) is 23.7. The average molecular weight is 451 g/mol. The van der Waals surface area contributed by atoms with Crippen LogP contribution in [0.25, 0.3) is 0 Å². The molecule has 0 aliphatic carbocycles. The fraction of sp³-hybridized carbons (Fsp3) is 0.300. The standard InChI is InChI=1S/C20H23BrN2O5/c1-13(2)17-10-14(21)4-9-18(17)28-12-20(25)23-22-19(24)11-27-16-7-5-15(26-3)6-8-16/h4-10,13H,11-12H2,1-3H3,(H,22,24)(H,23,25). The molecular formula is C20H23BrN2O5. The topological polar surface area (TPSA) is 85.9 Å². The molecule has 2 aromatic rings. The number of benzene rings is 2. The molecule has 150 valence electrons. The highest BCUT2D eigenvalue weighted by molar-refractivity contribution is 9.10. The molecule has 0 radical (unpaired) electrons. The molecule has 28 heavy (non-hydrogen) atoms. The van der Waals surface area contributed by atoms with Gasteiger partial charge in [-0.05, 0) is 53.9 Å². The molecule has 0 aliphatic heterocycles. The zero-order valence-electron chi connectivity index (χ0n) is 16.0. The van der Waals surface area contributed by atoms with Crippen LogP contribution < -0.4 is 25.1 Å². The minimum Gasteiger partial charge on any atom is -0.497 e. The van der Waals surface area contributed by atoms with Crippen LogP contribution in [0.3, 0.4) is 0 Å². The number of ether oxygens (including phenoxy) is 3. The Kier molecular flexibility index (Phi) is 8.13. The second kappa shape index (κ2) is 10.6. The molecule has 0 saturated heterocycles. The number of rotatable bonds is 8. The Morgan fingerprint density at radius 1 is 0.929 bits per heavy atom. The van der Waals surface area contributed by atoms with Crippen LogP contribution >= 0.6 is 15.9 Å². The molecule has 0 aliphatic rings. The molecule has 0 spiro atoms. The third kappa shape index (κ3) is 6.77. The number of nitrogens with one attached hydrogen (secondary N) is 2. The van der Waals surface area contributed by atoms with Gasteiger partial charge < -0.3 is 14.2 Å². The number of carbonyl (C=O) groups is 2. The number of methoxy groups -OCH3 is 1. The molecule has 8 heteroatoms. The van der Waals surface area contributed by atoms with E-state index < -0.39 is 11.8 Å². The first kappa shape index (κ1) is 21.6. The van der Waals surface area contributed by atoms with Gasteiger partial charge in [-0.1, -0.05) is 29.8 Å². The van der Waals surface area contributed by atoms with Gasteiger partial charge in [-0.3, -0.25) is 20.4 Å². The van der Waals surface area contributed by atoms with E-state index in [9.17, 15) is 9.59 Å². The summed E-state index contributed by atoms with van der Waals surface area (Å²) in [5.41, 5.74) is 5.56. The van der Waals surface area contributed by atoms with E-state index in [0.717, 1.165) is 10.0 Å². The van der Waals surface area contributed by atoms with Crippen molar-refractivity contribution in [1.82, 2.24) is 10.9 Å². The predicted octanol–water partition coefficient (Wildman–Crippen LogP) is 3.19. The highest BCUT2D eigenvalue weighted by Crippen LogP contribution is 2.29. The maximum atomic E-state index is 11.9. The molecule has 0 fully saturated rings. The van der Waals surface area contributed by atoms with E-state index in [4.69, 9.17) is 14.2 Å². The molecular weight excluding hydrogens is 428 g/mol. The Balaban J connectivity index is 1.74. The molecule has 0 unspecified atom stereocenters. The first-order valence-corrected chi connectivity index (χ1v) is 9.45. The van der Waals surface area contributed by atoms with Crippen molar-refractivity contribution < 1.29 is 23.8 Å². The number of carbonyl (C=O) groups excluding carboxylic acids is 2. The van der Waals surface area contributed by atoms with Crippen molar-refractivity contribution in [2.45, 2.75) is 19.8 Å². The Morgan fingerprint density at radius 2 is 1.50 bits per heavy atom. The smallest absolute Gasteiger partial charge is 0.276 e. The van der Waals surface area contributed by atoms with Gasteiger partial charge in [-0.25, -0.2) is 0 Å². The maximum absolute atomic E-state index is 11.9. The first-order chi connectivity index (χ1) is 13.4. The fourth-order valence-corrected chi connectivity index (χ4v) is 2.66. The molecule has 7 nitrogen and oxygen atoms in total. The Morgan fingerprint density at radius 3 is 2.07 bits per heavy atom. The molecule has 0 bridgehead atoms. The first-order valence-electron chi connectivity index (χ1n) is 8.66. The van der Waals surface area contributed by atoms with Gasteiger partial charge >= 0.3 is 0 Å². The molecule has 0 aromatic heterocycles. The lowest BCUT2D eigenvalue weighted by atomic mass is 10.0.